The van der Waals surface area contributed by atoms with Gasteiger partial charge in [0.15, 0.2) is 0 Å². The first kappa shape index (κ1) is 12.0. The zero-order valence-electron chi connectivity index (χ0n) is 8.53. The number of hydrogen-bond donors (Lipinski definition) is 1. The summed E-state index contributed by atoms with van der Waals surface area (Å²) in [5, 5.41) is 20.9. The van der Waals surface area contributed by atoms with Crippen LogP contribution in [0.15, 0.2) is 18.2 Å². The van der Waals surface area contributed by atoms with Crippen molar-refractivity contribution in [2.45, 2.75) is 19.3 Å². The number of rotatable bonds is 3. The molecule has 1 rings (SSSR count). The number of non-ortho nitro benzene ring substituents is 1. The van der Waals surface area contributed by atoms with E-state index in [2.05, 4.69) is 15.9 Å². The minimum atomic E-state index is -0.465. The molecule has 0 aliphatic rings. The number of nitro groups is 1. The van der Waals surface area contributed by atoms with E-state index in [1.807, 2.05) is 13.8 Å². The van der Waals surface area contributed by atoms with Crippen LogP contribution < -0.4 is 0 Å². The standard InChI is InChI=1S/C10H12BrNO3/c1-10(2,6-11)8-5-7(12(14)15)3-4-9(8)13/h3-5,13H,6H2,1-2H3. The molecule has 82 valence electrons. The lowest BCUT2D eigenvalue weighted by Crippen LogP contribution is -2.19. The van der Waals surface area contributed by atoms with E-state index < -0.39 is 4.92 Å². The van der Waals surface area contributed by atoms with Gasteiger partial charge in [-0.1, -0.05) is 29.8 Å². The summed E-state index contributed by atoms with van der Waals surface area (Å²) in [4.78, 5) is 10.1. The molecule has 0 spiro atoms. The van der Waals surface area contributed by atoms with Crippen molar-refractivity contribution in [2.24, 2.45) is 0 Å². The number of aromatic hydroxyl groups is 1. The summed E-state index contributed by atoms with van der Waals surface area (Å²) >= 11 is 3.32. The molecule has 0 aliphatic heterocycles. The highest BCUT2D eigenvalue weighted by Crippen LogP contribution is 2.34. The number of alkyl halides is 1. The highest BCUT2D eigenvalue weighted by atomic mass is 79.9. The van der Waals surface area contributed by atoms with Gasteiger partial charge in [-0.2, -0.15) is 0 Å². The lowest BCUT2D eigenvalue weighted by atomic mass is 9.86. The number of benzene rings is 1. The maximum atomic E-state index is 10.6. The van der Waals surface area contributed by atoms with Crippen molar-refractivity contribution in [2.75, 3.05) is 5.33 Å². The number of phenols is 1. The van der Waals surface area contributed by atoms with Crippen molar-refractivity contribution in [3.05, 3.63) is 33.9 Å². The van der Waals surface area contributed by atoms with E-state index in [1.165, 1.54) is 18.2 Å². The van der Waals surface area contributed by atoms with Crippen LogP contribution in [-0.4, -0.2) is 15.4 Å². The number of hydrogen-bond acceptors (Lipinski definition) is 3. The first-order valence-electron chi connectivity index (χ1n) is 4.42. The van der Waals surface area contributed by atoms with Crippen LogP contribution in [0.25, 0.3) is 0 Å². The molecule has 0 heterocycles. The number of halogens is 1. The highest BCUT2D eigenvalue weighted by molar-refractivity contribution is 9.09. The van der Waals surface area contributed by atoms with Crippen molar-refractivity contribution in [3.63, 3.8) is 0 Å². The van der Waals surface area contributed by atoms with Gasteiger partial charge in [-0.3, -0.25) is 10.1 Å². The Morgan fingerprint density at radius 2 is 2.13 bits per heavy atom. The lowest BCUT2D eigenvalue weighted by molar-refractivity contribution is -0.385. The summed E-state index contributed by atoms with van der Waals surface area (Å²) in [6.45, 7) is 3.81. The number of nitrogens with zero attached hydrogens (tertiary/aromatic N) is 1. The average molecular weight is 274 g/mol. The molecule has 0 fully saturated rings. The maximum Gasteiger partial charge on any atom is 0.269 e. The fraction of sp³-hybridized carbons (Fsp3) is 0.400. The first-order valence-corrected chi connectivity index (χ1v) is 5.54. The minimum absolute atomic E-state index is 0.00294. The van der Waals surface area contributed by atoms with E-state index >= 15 is 0 Å². The average Bonchev–Trinajstić information content (AvgIpc) is 2.17. The van der Waals surface area contributed by atoms with E-state index in [0.717, 1.165) is 0 Å². The molecule has 4 nitrogen and oxygen atoms in total. The second-order valence-electron chi connectivity index (χ2n) is 3.98. The van der Waals surface area contributed by atoms with Crippen LogP contribution in [0.5, 0.6) is 5.75 Å². The van der Waals surface area contributed by atoms with Crippen LogP contribution in [-0.2, 0) is 5.41 Å². The monoisotopic (exact) mass is 273 g/mol. The Labute approximate surface area is 96.2 Å². The van der Waals surface area contributed by atoms with Gasteiger partial charge in [0.25, 0.3) is 5.69 Å². The summed E-state index contributed by atoms with van der Waals surface area (Å²) in [6.07, 6.45) is 0. The quantitative estimate of drug-likeness (QED) is 0.523. The summed E-state index contributed by atoms with van der Waals surface area (Å²) in [5.74, 6) is 0.0880. The third kappa shape index (κ3) is 2.47. The van der Waals surface area contributed by atoms with Crippen molar-refractivity contribution >= 4 is 21.6 Å². The van der Waals surface area contributed by atoms with Gasteiger partial charge in [0.05, 0.1) is 4.92 Å². The minimum Gasteiger partial charge on any atom is -0.508 e. The third-order valence-corrected chi connectivity index (χ3v) is 3.66. The van der Waals surface area contributed by atoms with Gasteiger partial charge in [-0.05, 0) is 6.07 Å². The van der Waals surface area contributed by atoms with Crippen LogP contribution >= 0.6 is 15.9 Å². The lowest BCUT2D eigenvalue weighted by Gasteiger charge is -2.22. The zero-order valence-corrected chi connectivity index (χ0v) is 10.1. The second kappa shape index (κ2) is 4.18. The van der Waals surface area contributed by atoms with Crippen LogP contribution in [0.2, 0.25) is 0 Å². The molecule has 1 aromatic rings. The SMILES string of the molecule is CC(C)(CBr)c1cc([N+](=O)[O-])ccc1O. The Bertz CT molecular complexity index is 390. The van der Waals surface area contributed by atoms with Gasteiger partial charge in [-0.15, -0.1) is 0 Å². The topological polar surface area (TPSA) is 63.4 Å². The Morgan fingerprint density at radius 1 is 1.53 bits per heavy atom. The predicted molar refractivity (Wildman–Crippen MR) is 61.6 cm³/mol. The molecule has 0 amide bonds. The van der Waals surface area contributed by atoms with Crippen LogP contribution in [0.1, 0.15) is 19.4 Å². The Hall–Kier alpha value is -1.10. The smallest absolute Gasteiger partial charge is 0.269 e. The van der Waals surface area contributed by atoms with Crippen LogP contribution in [0.3, 0.4) is 0 Å². The first-order chi connectivity index (χ1) is 6.88. The van der Waals surface area contributed by atoms with Gasteiger partial charge >= 0.3 is 0 Å². The zero-order chi connectivity index (χ0) is 11.6. The van der Waals surface area contributed by atoms with E-state index in [-0.39, 0.29) is 16.9 Å². The van der Waals surface area contributed by atoms with Gasteiger partial charge in [0, 0.05) is 28.4 Å². The molecular formula is C10H12BrNO3. The van der Waals surface area contributed by atoms with Gasteiger partial charge in [0.2, 0.25) is 0 Å². The molecule has 0 saturated heterocycles. The molecule has 15 heavy (non-hydrogen) atoms. The summed E-state index contributed by atoms with van der Waals surface area (Å²) in [6, 6.07) is 4.07. The molecule has 0 atom stereocenters. The molecule has 0 aliphatic carbocycles. The molecule has 5 heteroatoms. The molecule has 0 radical (unpaired) electrons. The van der Waals surface area contributed by atoms with Gasteiger partial charge < -0.3 is 5.11 Å². The van der Waals surface area contributed by atoms with Crippen molar-refractivity contribution in [1.29, 1.82) is 0 Å². The molecule has 0 bridgehead atoms. The second-order valence-corrected chi connectivity index (χ2v) is 4.54. The number of nitro benzene ring substituents is 1. The normalized spacial score (nSPS) is 11.4. The molecule has 0 aromatic heterocycles. The predicted octanol–water partition coefficient (Wildman–Crippen LogP) is 2.97. The summed E-state index contributed by atoms with van der Waals surface area (Å²) in [7, 11) is 0. The fourth-order valence-corrected chi connectivity index (χ4v) is 1.55. The fourth-order valence-electron chi connectivity index (χ4n) is 1.25. The van der Waals surface area contributed by atoms with E-state index in [0.29, 0.717) is 10.9 Å². The molecule has 1 N–H and O–H groups in total. The largest absolute Gasteiger partial charge is 0.508 e. The number of phenolic OH excluding ortho intramolecular Hbond substituents is 1. The molecule has 0 unspecified atom stereocenters. The maximum absolute atomic E-state index is 10.6. The van der Waals surface area contributed by atoms with Crippen molar-refractivity contribution in [1.82, 2.24) is 0 Å². The van der Waals surface area contributed by atoms with E-state index in [1.54, 1.807) is 0 Å². The molecular weight excluding hydrogens is 262 g/mol. The van der Waals surface area contributed by atoms with Crippen LogP contribution in [0, 0.1) is 10.1 Å². The van der Waals surface area contributed by atoms with Crippen LogP contribution in [0.4, 0.5) is 5.69 Å². The van der Waals surface area contributed by atoms with Crippen molar-refractivity contribution < 1.29 is 10.0 Å². The Morgan fingerprint density at radius 3 is 2.60 bits per heavy atom. The van der Waals surface area contributed by atoms with Crippen molar-refractivity contribution in [3.8, 4) is 5.75 Å². The van der Waals surface area contributed by atoms with E-state index in [4.69, 9.17) is 0 Å². The van der Waals surface area contributed by atoms with Gasteiger partial charge in [0.1, 0.15) is 5.75 Å². The molecule has 0 saturated carbocycles. The highest BCUT2D eigenvalue weighted by Gasteiger charge is 2.24. The summed E-state index contributed by atoms with van der Waals surface area (Å²) < 4.78 is 0. The summed E-state index contributed by atoms with van der Waals surface area (Å²) in [5.41, 5.74) is 0.237. The third-order valence-electron chi connectivity index (χ3n) is 2.25. The Balaban J connectivity index is 3.28. The van der Waals surface area contributed by atoms with Gasteiger partial charge in [-0.25, -0.2) is 0 Å². The van der Waals surface area contributed by atoms with E-state index in [9.17, 15) is 15.2 Å². The molecule has 1 aromatic carbocycles. The Kier molecular flexibility index (Phi) is 3.34.